The summed E-state index contributed by atoms with van der Waals surface area (Å²) in [6, 6.07) is 5.82. The Kier molecular flexibility index (Phi) is 3.05. The summed E-state index contributed by atoms with van der Waals surface area (Å²) < 4.78 is 38.4. The largest absolute Gasteiger partial charge is 0.507 e. The maximum Gasteiger partial charge on any atom is 0.453 e. The molecule has 0 atom stereocenters. The average molecular weight is 308 g/mol. The Morgan fingerprint density at radius 1 is 1.23 bits per heavy atom. The summed E-state index contributed by atoms with van der Waals surface area (Å²) >= 11 is 0. The van der Waals surface area contributed by atoms with E-state index in [0.29, 0.717) is 0 Å². The molecule has 9 heteroatoms. The summed E-state index contributed by atoms with van der Waals surface area (Å²) in [5.41, 5.74) is -0.00700. The third kappa shape index (κ3) is 2.36. The highest BCUT2D eigenvalue weighted by Gasteiger charge is 2.36. The predicted octanol–water partition coefficient (Wildman–Crippen LogP) is 2.08. The summed E-state index contributed by atoms with van der Waals surface area (Å²) in [5.74, 6) is -2.44. The molecule has 1 aromatic carbocycles. The van der Waals surface area contributed by atoms with Crippen molar-refractivity contribution in [2.24, 2.45) is 0 Å². The second-order valence-electron chi connectivity index (χ2n) is 4.37. The summed E-state index contributed by atoms with van der Waals surface area (Å²) in [6.45, 7) is 0. The lowest BCUT2D eigenvalue weighted by Gasteiger charge is -2.03. The van der Waals surface area contributed by atoms with Crippen LogP contribution in [0.4, 0.5) is 13.2 Å². The number of hydrogen-bond acceptors (Lipinski definition) is 5. The molecule has 0 aliphatic carbocycles. The minimum absolute atomic E-state index is 0.0137. The van der Waals surface area contributed by atoms with Crippen molar-refractivity contribution in [3.63, 3.8) is 0 Å². The third-order valence-corrected chi connectivity index (χ3v) is 2.86. The second kappa shape index (κ2) is 4.79. The second-order valence-corrected chi connectivity index (χ2v) is 4.37. The number of carbonyl (C=O) groups excluding carboxylic acids is 1. The van der Waals surface area contributed by atoms with Crippen molar-refractivity contribution in [2.75, 3.05) is 0 Å². The highest BCUT2D eigenvalue weighted by molar-refractivity contribution is 6.10. The van der Waals surface area contributed by atoms with Gasteiger partial charge in [-0.25, -0.2) is 9.50 Å². The van der Waals surface area contributed by atoms with E-state index >= 15 is 0 Å². The first kappa shape index (κ1) is 14.0. The van der Waals surface area contributed by atoms with Crippen molar-refractivity contribution in [3.05, 3.63) is 53.6 Å². The van der Waals surface area contributed by atoms with Crippen LogP contribution in [0.15, 0.2) is 36.7 Å². The first-order valence-electron chi connectivity index (χ1n) is 5.98. The van der Waals surface area contributed by atoms with Crippen LogP contribution in [0.5, 0.6) is 5.75 Å². The lowest BCUT2D eigenvalue weighted by atomic mass is 10.1. The van der Waals surface area contributed by atoms with Gasteiger partial charge in [0.25, 0.3) is 11.6 Å². The molecule has 0 saturated carbocycles. The molecule has 0 aliphatic heterocycles. The number of benzene rings is 1. The molecule has 3 aromatic rings. The lowest BCUT2D eigenvalue weighted by Crippen LogP contribution is -2.08. The van der Waals surface area contributed by atoms with E-state index in [4.69, 9.17) is 0 Å². The highest BCUT2D eigenvalue weighted by Crippen LogP contribution is 2.26. The van der Waals surface area contributed by atoms with E-state index in [1.807, 2.05) is 0 Å². The highest BCUT2D eigenvalue weighted by atomic mass is 19.4. The number of aromatic nitrogens is 4. The van der Waals surface area contributed by atoms with Gasteiger partial charge in [-0.1, -0.05) is 12.1 Å². The number of fused-ring (bicyclic) bond motifs is 1. The molecule has 2 aromatic heterocycles. The number of para-hydroxylation sites is 1. The van der Waals surface area contributed by atoms with Crippen LogP contribution in [-0.2, 0) is 6.18 Å². The molecule has 3 rings (SSSR count). The van der Waals surface area contributed by atoms with Crippen LogP contribution in [0.2, 0.25) is 0 Å². The quantitative estimate of drug-likeness (QED) is 0.733. The minimum atomic E-state index is -4.70. The third-order valence-electron chi connectivity index (χ3n) is 2.86. The van der Waals surface area contributed by atoms with Gasteiger partial charge in [-0.15, -0.1) is 5.10 Å². The van der Waals surface area contributed by atoms with Gasteiger partial charge >= 0.3 is 6.18 Å². The number of phenolic OH excluding ortho intramolecular Hbond substituents is 1. The number of nitrogens with zero attached hydrogens (tertiary/aromatic N) is 4. The van der Waals surface area contributed by atoms with Gasteiger partial charge < -0.3 is 5.11 Å². The van der Waals surface area contributed by atoms with Crippen LogP contribution in [-0.4, -0.2) is 30.5 Å². The summed E-state index contributed by atoms with van der Waals surface area (Å²) in [5, 5.41) is 12.9. The van der Waals surface area contributed by atoms with Gasteiger partial charge in [0.15, 0.2) is 5.78 Å². The van der Waals surface area contributed by atoms with Crippen molar-refractivity contribution < 1.29 is 23.1 Å². The minimum Gasteiger partial charge on any atom is -0.507 e. The van der Waals surface area contributed by atoms with Gasteiger partial charge in [0.05, 0.1) is 11.1 Å². The number of phenols is 1. The zero-order valence-corrected chi connectivity index (χ0v) is 10.7. The van der Waals surface area contributed by atoms with Crippen LogP contribution < -0.4 is 0 Å². The SMILES string of the molecule is O=C(c1cnc2nc(C(F)(F)F)nn2c1)c1ccccc1O. The van der Waals surface area contributed by atoms with Crippen molar-refractivity contribution >= 4 is 11.6 Å². The molecular weight excluding hydrogens is 301 g/mol. The van der Waals surface area contributed by atoms with Gasteiger partial charge in [-0.2, -0.15) is 18.2 Å². The van der Waals surface area contributed by atoms with E-state index in [1.165, 1.54) is 12.1 Å². The van der Waals surface area contributed by atoms with Crippen molar-refractivity contribution in [1.82, 2.24) is 19.6 Å². The smallest absolute Gasteiger partial charge is 0.453 e. The Hall–Kier alpha value is -2.97. The van der Waals surface area contributed by atoms with Crippen LogP contribution >= 0.6 is 0 Å². The van der Waals surface area contributed by atoms with Crippen LogP contribution in [0, 0.1) is 0 Å². The van der Waals surface area contributed by atoms with Crippen LogP contribution in [0.25, 0.3) is 5.78 Å². The van der Waals surface area contributed by atoms with Gasteiger partial charge in [0.1, 0.15) is 5.75 Å². The van der Waals surface area contributed by atoms with Gasteiger partial charge in [0.2, 0.25) is 0 Å². The summed E-state index contributed by atoms with van der Waals surface area (Å²) in [4.78, 5) is 19.1. The monoisotopic (exact) mass is 308 g/mol. The number of ketones is 1. The van der Waals surface area contributed by atoms with E-state index < -0.39 is 17.8 Å². The average Bonchev–Trinajstić information content (AvgIpc) is 2.90. The molecule has 0 amide bonds. The summed E-state index contributed by atoms with van der Waals surface area (Å²) in [6.07, 6.45) is -2.53. The molecule has 0 radical (unpaired) electrons. The number of halogens is 3. The van der Waals surface area contributed by atoms with Crippen molar-refractivity contribution in [1.29, 1.82) is 0 Å². The van der Waals surface area contributed by atoms with E-state index in [9.17, 15) is 23.1 Å². The molecule has 0 bridgehead atoms. The Bertz CT molecular complexity index is 873. The number of rotatable bonds is 2. The Labute approximate surface area is 120 Å². The fourth-order valence-corrected chi connectivity index (χ4v) is 1.84. The Morgan fingerprint density at radius 2 is 1.95 bits per heavy atom. The fourth-order valence-electron chi connectivity index (χ4n) is 1.84. The molecule has 0 saturated heterocycles. The first-order chi connectivity index (χ1) is 10.4. The molecule has 6 nitrogen and oxygen atoms in total. The molecule has 0 spiro atoms. The predicted molar refractivity (Wildman–Crippen MR) is 67.3 cm³/mol. The van der Waals surface area contributed by atoms with Crippen molar-refractivity contribution in [2.45, 2.75) is 6.18 Å². The maximum atomic E-state index is 12.5. The van der Waals surface area contributed by atoms with Crippen LogP contribution in [0.3, 0.4) is 0 Å². The first-order valence-corrected chi connectivity index (χ1v) is 5.98. The standard InChI is InChI=1S/C13H7F3N4O2/c14-13(15,16)11-18-12-17-5-7(6-20(12)19-11)10(22)8-3-1-2-4-9(8)21/h1-6,21H. The van der Waals surface area contributed by atoms with Crippen LogP contribution in [0.1, 0.15) is 21.7 Å². The van der Waals surface area contributed by atoms with Gasteiger partial charge in [0, 0.05) is 12.4 Å². The number of hydrogen-bond donors (Lipinski definition) is 1. The fraction of sp³-hybridized carbons (Fsp3) is 0.0769. The van der Waals surface area contributed by atoms with E-state index in [-0.39, 0.29) is 22.7 Å². The Balaban J connectivity index is 2.05. The van der Waals surface area contributed by atoms with E-state index in [0.717, 1.165) is 16.9 Å². The molecule has 22 heavy (non-hydrogen) atoms. The summed E-state index contributed by atoms with van der Waals surface area (Å²) in [7, 11) is 0. The molecule has 112 valence electrons. The molecule has 0 fully saturated rings. The van der Waals surface area contributed by atoms with E-state index in [2.05, 4.69) is 15.1 Å². The van der Waals surface area contributed by atoms with Gasteiger partial charge in [-0.05, 0) is 12.1 Å². The maximum absolute atomic E-state index is 12.5. The molecule has 1 N–H and O–H groups in total. The number of aromatic hydroxyl groups is 1. The Morgan fingerprint density at radius 3 is 2.64 bits per heavy atom. The zero-order valence-electron chi connectivity index (χ0n) is 10.7. The van der Waals surface area contributed by atoms with Gasteiger partial charge in [-0.3, -0.25) is 4.79 Å². The molecule has 0 aliphatic rings. The normalized spacial score (nSPS) is 11.8. The number of carbonyl (C=O) groups is 1. The topological polar surface area (TPSA) is 80.4 Å². The number of alkyl halides is 3. The van der Waals surface area contributed by atoms with E-state index in [1.54, 1.807) is 12.1 Å². The zero-order chi connectivity index (χ0) is 15.9. The lowest BCUT2D eigenvalue weighted by molar-refractivity contribution is -0.144. The molecule has 2 heterocycles. The van der Waals surface area contributed by atoms with Crippen molar-refractivity contribution in [3.8, 4) is 5.75 Å². The molecular formula is C13H7F3N4O2. The molecule has 0 unspecified atom stereocenters.